The van der Waals surface area contributed by atoms with Gasteiger partial charge in [0, 0.05) is 46.1 Å². The highest BCUT2D eigenvalue weighted by molar-refractivity contribution is 5.79. The molecule has 0 saturated carbocycles. The maximum atomic E-state index is 11.6. The minimum Gasteiger partial charge on any atom is -0.460 e. The van der Waals surface area contributed by atoms with Crippen molar-refractivity contribution in [2.45, 2.75) is 64.9 Å². The third kappa shape index (κ3) is 10.3. The van der Waals surface area contributed by atoms with Crippen molar-refractivity contribution in [1.82, 2.24) is 10.2 Å². The average Bonchev–Trinajstić information content (AvgIpc) is 3.01. The number of esters is 1. The monoisotopic (exact) mass is 355 g/mol. The number of rotatable bonds is 9. The lowest BCUT2D eigenvalue weighted by Gasteiger charge is -2.24. The lowest BCUT2D eigenvalue weighted by molar-refractivity contribution is -0.154. The summed E-state index contributed by atoms with van der Waals surface area (Å²) < 4.78 is 10.7. The van der Waals surface area contributed by atoms with Crippen LogP contribution < -0.4 is 5.32 Å². The zero-order valence-electron chi connectivity index (χ0n) is 16.8. The fourth-order valence-corrected chi connectivity index (χ4v) is 2.93. The van der Waals surface area contributed by atoms with E-state index in [9.17, 15) is 4.79 Å². The first-order chi connectivity index (χ1) is 11.8. The number of ether oxygens (including phenoxy) is 2. The number of hydrogen-bond acceptors (Lipinski definition) is 4. The molecule has 1 aliphatic rings. The summed E-state index contributed by atoms with van der Waals surface area (Å²) in [5.41, 5.74) is -0.381. The van der Waals surface area contributed by atoms with Gasteiger partial charge in [0.15, 0.2) is 5.96 Å². The van der Waals surface area contributed by atoms with Gasteiger partial charge in [-0.3, -0.25) is 9.79 Å². The Morgan fingerprint density at radius 1 is 1.28 bits per heavy atom. The molecule has 1 atom stereocenters. The highest BCUT2D eigenvalue weighted by atomic mass is 16.6. The van der Waals surface area contributed by atoms with Crippen molar-refractivity contribution in [2.75, 3.05) is 40.4 Å². The second kappa shape index (κ2) is 11.3. The Morgan fingerprint density at radius 3 is 2.60 bits per heavy atom. The predicted octanol–water partition coefficient (Wildman–Crippen LogP) is 2.82. The molecule has 0 amide bonds. The third-order valence-corrected chi connectivity index (χ3v) is 4.14. The summed E-state index contributed by atoms with van der Waals surface area (Å²) >= 11 is 0. The van der Waals surface area contributed by atoms with Crippen LogP contribution >= 0.6 is 0 Å². The second-order valence-electron chi connectivity index (χ2n) is 7.83. The van der Waals surface area contributed by atoms with Crippen LogP contribution in [0.25, 0.3) is 0 Å². The summed E-state index contributed by atoms with van der Waals surface area (Å²) in [6, 6.07) is 0. The highest BCUT2D eigenvalue weighted by Gasteiger charge is 2.19. The van der Waals surface area contributed by atoms with E-state index >= 15 is 0 Å². The van der Waals surface area contributed by atoms with Crippen molar-refractivity contribution in [2.24, 2.45) is 10.9 Å². The zero-order valence-corrected chi connectivity index (χ0v) is 16.8. The fraction of sp³-hybridized carbons (Fsp3) is 0.895. The van der Waals surface area contributed by atoms with Crippen LogP contribution in [-0.2, 0) is 14.3 Å². The van der Waals surface area contributed by atoms with Gasteiger partial charge in [0.25, 0.3) is 0 Å². The molecule has 0 bridgehead atoms. The maximum absolute atomic E-state index is 11.6. The van der Waals surface area contributed by atoms with E-state index in [4.69, 9.17) is 9.47 Å². The van der Waals surface area contributed by atoms with Gasteiger partial charge in [0.2, 0.25) is 0 Å². The van der Waals surface area contributed by atoms with Crippen LogP contribution in [0.1, 0.15) is 59.3 Å². The summed E-state index contributed by atoms with van der Waals surface area (Å²) in [5.74, 6) is 1.46. The van der Waals surface area contributed by atoms with E-state index in [1.54, 1.807) is 0 Å². The molecule has 1 heterocycles. The minimum atomic E-state index is -0.381. The molecule has 1 aliphatic heterocycles. The minimum absolute atomic E-state index is 0.0939. The van der Waals surface area contributed by atoms with Gasteiger partial charge in [-0.05, 0) is 40.0 Å². The molecule has 1 fully saturated rings. The van der Waals surface area contributed by atoms with Crippen LogP contribution in [0.2, 0.25) is 0 Å². The molecule has 1 rings (SSSR count). The third-order valence-electron chi connectivity index (χ3n) is 4.14. The lowest BCUT2D eigenvalue weighted by atomic mass is 10.1. The largest absolute Gasteiger partial charge is 0.460 e. The number of carbonyl (C=O) groups excluding carboxylic acids is 1. The predicted molar refractivity (Wildman–Crippen MR) is 102 cm³/mol. The Kier molecular flexibility index (Phi) is 9.86. The van der Waals surface area contributed by atoms with E-state index in [1.165, 1.54) is 0 Å². The van der Waals surface area contributed by atoms with Crippen molar-refractivity contribution in [3.05, 3.63) is 0 Å². The van der Waals surface area contributed by atoms with Crippen molar-refractivity contribution >= 4 is 11.9 Å². The van der Waals surface area contributed by atoms with Gasteiger partial charge in [-0.15, -0.1) is 0 Å². The smallest absolute Gasteiger partial charge is 0.306 e. The van der Waals surface area contributed by atoms with Crippen molar-refractivity contribution in [3.8, 4) is 0 Å². The van der Waals surface area contributed by atoms with Gasteiger partial charge < -0.3 is 19.7 Å². The molecule has 0 aliphatic carbocycles. The summed E-state index contributed by atoms with van der Waals surface area (Å²) in [6.07, 6.45) is 5.78. The van der Waals surface area contributed by atoms with Crippen LogP contribution in [0, 0.1) is 5.92 Å². The normalized spacial score (nSPS) is 18.3. The molecule has 6 nitrogen and oxygen atoms in total. The summed E-state index contributed by atoms with van der Waals surface area (Å²) in [4.78, 5) is 18.2. The Morgan fingerprint density at radius 2 is 2.00 bits per heavy atom. The van der Waals surface area contributed by atoms with Crippen LogP contribution in [0.3, 0.4) is 0 Å². The van der Waals surface area contributed by atoms with Crippen molar-refractivity contribution < 1.29 is 14.3 Å². The fourth-order valence-electron chi connectivity index (χ4n) is 2.93. The van der Waals surface area contributed by atoms with Gasteiger partial charge in [-0.2, -0.15) is 0 Å². The Hall–Kier alpha value is -1.30. The number of guanidine groups is 1. The molecular weight excluding hydrogens is 318 g/mol. The van der Waals surface area contributed by atoms with E-state index in [1.807, 2.05) is 27.8 Å². The van der Waals surface area contributed by atoms with E-state index in [0.29, 0.717) is 12.3 Å². The number of unbranched alkanes of at least 4 members (excludes halogenated alkanes) is 3. The summed E-state index contributed by atoms with van der Waals surface area (Å²) in [6.45, 7) is 9.34. The molecule has 0 radical (unpaired) electrons. The molecule has 1 unspecified atom stereocenters. The highest BCUT2D eigenvalue weighted by Crippen LogP contribution is 2.13. The van der Waals surface area contributed by atoms with Gasteiger partial charge in [-0.25, -0.2) is 0 Å². The lowest BCUT2D eigenvalue weighted by Crippen LogP contribution is -2.41. The topological polar surface area (TPSA) is 63.2 Å². The number of nitrogens with one attached hydrogen (secondary N) is 1. The summed E-state index contributed by atoms with van der Waals surface area (Å²) in [7, 11) is 3.90. The van der Waals surface area contributed by atoms with E-state index in [-0.39, 0.29) is 11.6 Å². The van der Waals surface area contributed by atoms with Crippen LogP contribution in [0.5, 0.6) is 0 Å². The summed E-state index contributed by atoms with van der Waals surface area (Å²) in [5, 5.41) is 3.42. The maximum Gasteiger partial charge on any atom is 0.306 e. The van der Waals surface area contributed by atoms with Crippen molar-refractivity contribution in [3.63, 3.8) is 0 Å². The molecule has 0 aromatic rings. The van der Waals surface area contributed by atoms with Crippen LogP contribution in [-0.4, -0.2) is 62.8 Å². The Labute approximate surface area is 153 Å². The molecular formula is C19H37N3O3. The van der Waals surface area contributed by atoms with Gasteiger partial charge in [0.1, 0.15) is 5.60 Å². The molecule has 0 aromatic carbocycles. The van der Waals surface area contributed by atoms with Crippen LogP contribution in [0.4, 0.5) is 0 Å². The molecule has 1 N–H and O–H groups in total. The van der Waals surface area contributed by atoms with Gasteiger partial charge in [-0.1, -0.05) is 12.8 Å². The standard InChI is InChI=1S/C19H37N3O3/c1-19(2,3)25-17(23)10-8-6-7-9-12-21-18(20-4)22(5)14-16-11-13-24-15-16/h16H,6-15H2,1-5H3,(H,20,21). The SMILES string of the molecule is CN=C(NCCCCCCC(=O)OC(C)(C)C)N(C)CC1CCOC1. The Balaban J connectivity index is 2.06. The van der Waals surface area contributed by atoms with E-state index in [0.717, 1.165) is 64.4 Å². The number of aliphatic imine (C=N–C) groups is 1. The first-order valence-electron chi connectivity index (χ1n) is 9.53. The molecule has 1 saturated heterocycles. The molecule has 0 spiro atoms. The average molecular weight is 356 g/mol. The quantitative estimate of drug-likeness (QED) is 0.298. The molecule has 6 heteroatoms. The number of hydrogen-bond donors (Lipinski definition) is 1. The van der Waals surface area contributed by atoms with Gasteiger partial charge >= 0.3 is 5.97 Å². The van der Waals surface area contributed by atoms with Crippen molar-refractivity contribution in [1.29, 1.82) is 0 Å². The Bertz CT molecular complexity index is 413. The van der Waals surface area contributed by atoms with E-state index < -0.39 is 0 Å². The zero-order chi connectivity index (χ0) is 18.7. The first kappa shape index (κ1) is 21.7. The van der Waals surface area contributed by atoms with Gasteiger partial charge in [0.05, 0.1) is 6.61 Å². The molecule has 25 heavy (non-hydrogen) atoms. The molecule has 146 valence electrons. The second-order valence-corrected chi connectivity index (χ2v) is 7.83. The molecule has 0 aromatic heterocycles. The number of carbonyl (C=O) groups is 1. The first-order valence-corrected chi connectivity index (χ1v) is 9.53. The van der Waals surface area contributed by atoms with Crippen LogP contribution in [0.15, 0.2) is 4.99 Å². The van der Waals surface area contributed by atoms with E-state index in [2.05, 4.69) is 22.3 Å². The number of nitrogens with zero attached hydrogens (tertiary/aromatic N) is 2.